The number of Topliss-reactive ketones (excluding diaryl/α,β-unsaturated/α-hetero) is 2. The van der Waals surface area contributed by atoms with Gasteiger partial charge in [-0.25, -0.2) is 0 Å². The molecule has 15 heteroatoms. The summed E-state index contributed by atoms with van der Waals surface area (Å²) in [5, 5.41) is 16.9. The molecule has 0 aromatic heterocycles. The quantitative estimate of drug-likeness (QED) is 0.157. The normalized spacial score (nSPS) is 18.5. The average molecular weight is 802 g/mol. The molecular formula is C44H39N3O12. The lowest BCUT2D eigenvalue weighted by Crippen LogP contribution is -2.30. The minimum absolute atomic E-state index is 0.0118. The van der Waals surface area contributed by atoms with Gasteiger partial charge < -0.3 is 29.6 Å². The predicted octanol–water partition coefficient (Wildman–Crippen LogP) is 3.45. The van der Waals surface area contributed by atoms with Crippen molar-refractivity contribution in [3.8, 4) is 11.5 Å². The molecule has 12 bridgehead atoms. The molecule has 0 spiro atoms. The molecule has 0 saturated heterocycles. The van der Waals surface area contributed by atoms with Gasteiger partial charge >= 0.3 is 0 Å². The van der Waals surface area contributed by atoms with E-state index in [4.69, 9.17) is 18.9 Å². The Hall–Kier alpha value is -6.84. The second-order valence-corrected chi connectivity index (χ2v) is 14.1. The standard InChI is InChI=1S/C44H39N3O12/c48-37-22-30-15-26-3-1-4-27-16-31-23-38(49)25-33(40(31)51)18-29-6-2-5-28(17-32(24-37)39(30)50)42(29)59-14-12-57-10-8-46-44(53)35-19-34(20-36(21-35)47(54)55)43(52)45-7-9-56-11-13-58-41(26)27/h1-6,19-25H,7-18H2,(H,45,52)(H,46,53). The highest BCUT2D eigenvalue weighted by molar-refractivity contribution is 6.21. The van der Waals surface area contributed by atoms with E-state index in [1.54, 1.807) is 36.4 Å². The summed E-state index contributed by atoms with van der Waals surface area (Å²) in [5.41, 5.74) is 2.72. The zero-order chi connectivity index (χ0) is 41.5. The van der Waals surface area contributed by atoms with Gasteiger partial charge in [-0.1, -0.05) is 36.4 Å². The van der Waals surface area contributed by atoms with E-state index in [0.717, 1.165) is 12.1 Å². The summed E-state index contributed by atoms with van der Waals surface area (Å²) < 4.78 is 24.0. The molecule has 0 atom stereocenters. The number of allylic oxidation sites excluding steroid dienone is 8. The zero-order valence-electron chi connectivity index (χ0n) is 31.8. The second kappa shape index (κ2) is 18.2. The number of ether oxygens (including phenoxy) is 4. The van der Waals surface area contributed by atoms with Gasteiger partial charge in [0.1, 0.15) is 24.7 Å². The number of carbonyl (C=O) groups is 6. The molecule has 3 aromatic rings. The van der Waals surface area contributed by atoms with Gasteiger partial charge in [-0.05, 0) is 52.6 Å². The van der Waals surface area contributed by atoms with Crippen LogP contribution in [-0.2, 0) is 54.3 Å². The van der Waals surface area contributed by atoms with Gasteiger partial charge in [0.05, 0.1) is 31.4 Å². The molecule has 15 nitrogen and oxygen atoms in total. The summed E-state index contributed by atoms with van der Waals surface area (Å²) in [7, 11) is 0. The highest BCUT2D eigenvalue weighted by Gasteiger charge is 2.29. The van der Waals surface area contributed by atoms with Crippen LogP contribution in [-0.4, -0.2) is 92.6 Å². The summed E-state index contributed by atoms with van der Waals surface area (Å²) in [6.07, 6.45) is 5.40. The van der Waals surface area contributed by atoms with Crippen molar-refractivity contribution in [2.24, 2.45) is 0 Å². The number of benzene rings is 3. The van der Waals surface area contributed by atoms with Gasteiger partial charge in [0.15, 0.2) is 23.1 Å². The van der Waals surface area contributed by atoms with Crippen molar-refractivity contribution in [2.75, 3.05) is 52.7 Å². The molecule has 3 aromatic carbocycles. The van der Waals surface area contributed by atoms with Crippen LogP contribution in [0.3, 0.4) is 0 Å². The van der Waals surface area contributed by atoms with Crippen LogP contribution in [0, 0.1) is 10.1 Å². The maximum absolute atomic E-state index is 14.1. The predicted molar refractivity (Wildman–Crippen MR) is 210 cm³/mol. The van der Waals surface area contributed by atoms with Crippen molar-refractivity contribution < 1.29 is 52.6 Å². The van der Waals surface area contributed by atoms with Crippen LogP contribution in [0.2, 0.25) is 0 Å². The maximum atomic E-state index is 14.1. The Labute approximate surface area is 337 Å². The van der Waals surface area contributed by atoms with Crippen molar-refractivity contribution >= 4 is 40.6 Å². The molecule has 0 unspecified atom stereocenters. The third kappa shape index (κ3) is 9.66. The molecule has 5 aliphatic rings. The molecule has 2 amide bonds. The number of hydrogen-bond donors (Lipinski definition) is 2. The van der Waals surface area contributed by atoms with Crippen LogP contribution >= 0.6 is 0 Å². The van der Waals surface area contributed by atoms with Gasteiger partial charge in [0.25, 0.3) is 17.5 Å². The molecule has 2 heterocycles. The lowest BCUT2D eigenvalue weighted by atomic mass is 9.84. The first-order chi connectivity index (χ1) is 28.5. The first kappa shape index (κ1) is 40.4. The topological polar surface area (TPSA) is 207 Å². The summed E-state index contributed by atoms with van der Waals surface area (Å²) >= 11 is 0. The van der Waals surface area contributed by atoms with Crippen molar-refractivity contribution in [3.63, 3.8) is 0 Å². The second-order valence-electron chi connectivity index (χ2n) is 14.1. The number of nitrogens with one attached hydrogen (secondary N) is 2. The van der Waals surface area contributed by atoms with Crippen molar-refractivity contribution in [1.29, 1.82) is 0 Å². The Balaban J connectivity index is 1.23. The number of non-ortho nitro benzene ring substituents is 1. The van der Waals surface area contributed by atoms with E-state index < -0.39 is 22.4 Å². The molecule has 0 saturated carbocycles. The Morgan fingerprint density at radius 2 is 0.881 bits per heavy atom. The Morgan fingerprint density at radius 1 is 0.508 bits per heavy atom. The van der Waals surface area contributed by atoms with E-state index in [-0.39, 0.29) is 135 Å². The summed E-state index contributed by atoms with van der Waals surface area (Å²) in [6, 6.07) is 14.0. The molecule has 3 aliphatic carbocycles. The SMILES string of the molecule is O=C1C=C2Cc3cccc4c3OCCOCCNC(=O)c3cc(cc([N+](=O)[O-])c3)C(=O)NCCOCCOc3c(cccc3CC3=CC(=O)C=C(C4)C3=O)CC(=C1)C2=O. The largest absolute Gasteiger partial charge is 0.491 e. The number of nitrogens with zero attached hydrogens (tertiary/aromatic N) is 1. The van der Waals surface area contributed by atoms with Gasteiger partial charge in [0.2, 0.25) is 0 Å². The zero-order valence-corrected chi connectivity index (χ0v) is 31.8. The molecule has 59 heavy (non-hydrogen) atoms. The van der Waals surface area contributed by atoms with E-state index in [9.17, 15) is 38.9 Å². The van der Waals surface area contributed by atoms with E-state index in [2.05, 4.69) is 10.6 Å². The average Bonchev–Trinajstić information content (AvgIpc) is 3.21. The van der Waals surface area contributed by atoms with Gasteiger partial charge in [-0.2, -0.15) is 0 Å². The molecule has 2 N–H and O–H groups in total. The minimum Gasteiger partial charge on any atom is -0.491 e. The fourth-order valence-corrected chi connectivity index (χ4v) is 7.26. The number of rotatable bonds is 1. The van der Waals surface area contributed by atoms with Crippen LogP contribution < -0.4 is 20.1 Å². The summed E-state index contributed by atoms with van der Waals surface area (Å²) in [4.78, 5) is 91.3. The number of fused-ring (bicyclic) bond motifs is 14. The van der Waals surface area contributed by atoms with Gasteiger partial charge in [-0.3, -0.25) is 38.9 Å². The molecule has 0 radical (unpaired) electrons. The van der Waals surface area contributed by atoms with Crippen LogP contribution in [0.25, 0.3) is 0 Å². The van der Waals surface area contributed by atoms with Gasteiger partial charge in [0, 0.05) is 84.3 Å². The first-order valence-electron chi connectivity index (χ1n) is 19.0. The molecule has 2 aliphatic heterocycles. The maximum Gasteiger partial charge on any atom is 0.271 e. The highest BCUT2D eigenvalue weighted by atomic mass is 16.6. The van der Waals surface area contributed by atoms with Crippen molar-refractivity contribution in [1.82, 2.24) is 10.6 Å². The highest BCUT2D eigenvalue weighted by Crippen LogP contribution is 2.35. The van der Waals surface area contributed by atoms with E-state index in [1.165, 1.54) is 30.4 Å². The number of ketones is 4. The van der Waals surface area contributed by atoms with Crippen LogP contribution in [0.1, 0.15) is 43.0 Å². The minimum atomic E-state index is -0.687. The van der Waals surface area contributed by atoms with Crippen LogP contribution in [0.4, 0.5) is 5.69 Å². The molecular weight excluding hydrogens is 762 g/mol. The number of nitro benzene ring substituents is 1. The van der Waals surface area contributed by atoms with E-state index >= 15 is 0 Å². The number of amides is 2. The Kier molecular flexibility index (Phi) is 12.4. The Morgan fingerprint density at radius 3 is 1.24 bits per heavy atom. The van der Waals surface area contributed by atoms with E-state index in [0.29, 0.717) is 33.8 Å². The number of para-hydroxylation sites is 2. The molecule has 8 rings (SSSR count). The third-order valence-corrected chi connectivity index (χ3v) is 9.98. The Bertz CT molecular complexity index is 2160. The van der Waals surface area contributed by atoms with Crippen molar-refractivity contribution in [2.45, 2.75) is 25.7 Å². The fraction of sp³-hybridized carbons (Fsp3) is 0.273. The summed E-state index contributed by atoms with van der Waals surface area (Å²) in [5.74, 6) is -1.86. The van der Waals surface area contributed by atoms with Crippen LogP contribution in [0.15, 0.2) is 101 Å². The number of carbonyl (C=O) groups excluding carboxylic acids is 6. The van der Waals surface area contributed by atoms with Crippen molar-refractivity contribution in [3.05, 3.63) is 145 Å². The lowest BCUT2D eigenvalue weighted by molar-refractivity contribution is -0.384. The van der Waals surface area contributed by atoms with E-state index in [1.807, 2.05) is 0 Å². The monoisotopic (exact) mass is 801 g/mol. The first-order valence-corrected chi connectivity index (χ1v) is 19.0. The summed E-state index contributed by atoms with van der Waals surface area (Å²) in [6.45, 7) is 0.258. The third-order valence-electron chi connectivity index (χ3n) is 9.98. The molecule has 302 valence electrons. The fourth-order valence-electron chi connectivity index (χ4n) is 7.26. The lowest BCUT2D eigenvalue weighted by Gasteiger charge is -2.22. The smallest absolute Gasteiger partial charge is 0.271 e. The van der Waals surface area contributed by atoms with Gasteiger partial charge in [-0.15, -0.1) is 0 Å². The number of nitro groups is 1. The molecule has 0 fully saturated rings. The number of hydrogen-bond acceptors (Lipinski definition) is 12. The van der Waals surface area contributed by atoms with Crippen LogP contribution in [0.5, 0.6) is 11.5 Å².